The first-order valence-electron chi connectivity index (χ1n) is 5.87. The number of hydrogen-bond donors (Lipinski definition) is 1. The van der Waals surface area contributed by atoms with E-state index in [1.165, 1.54) is 0 Å². The zero-order valence-corrected chi connectivity index (χ0v) is 9.70. The summed E-state index contributed by atoms with van der Waals surface area (Å²) in [6.07, 6.45) is 1.13. The molecule has 4 heteroatoms. The summed E-state index contributed by atoms with van der Waals surface area (Å²) >= 11 is 0. The number of nitrogens with zero attached hydrogens (tertiary/aromatic N) is 2. The van der Waals surface area contributed by atoms with E-state index < -0.39 is 0 Å². The smallest absolute Gasteiger partial charge is 0.236 e. The lowest BCUT2D eigenvalue weighted by Crippen LogP contribution is -2.57. The third-order valence-electron chi connectivity index (χ3n) is 3.59. The molecule has 1 N–H and O–H groups in total. The molecule has 2 aliphatic heterocycles. The van der Waals surface area contributed by atoms with Crippen molar-refractivity contribution in [2.24, 2.45) is 5.92 Å². The van der Waals surface area contributed by atoms with Crippen molar-refractivity contribution < 1.29 is 4.79 Å². The van der Waals surface area contributed by atoms with Crippen LogP contribution in [0.2, 0.25) is 0 Å². The van der Waals surface area contributed by atoms with Crippen LogP contribution in [0, 0.1) is 5.92 Å². The Balaban J connectivity index is 1.99. The molecule has 4 nitrogen and oxygen atoms in total. The number of piperidine rings is 1. The van der Waals surface area contributed by atoms with E-state index in [0.29, 0.717) is 18.5 Å². The van der Waals surface area contributed by atoms with Gasteiger partial charge in [-0.15, -0.1) is 0 Å². The highest BCUT2D eigenvalue weighted by Gasteiger charge is 2.32. The van der Waals surface area contributed by atoms with Gasteiger partial charge in [-0.3, -0.25) is 4.79 Å². The van der Waals surface area contributed by atoms with Gasteiger partial charge in [0.05, 0.1) is 6.54 Å². The summed E-state index contributed by atoms with van der Waals surface area (Å²) in [4.78, 5) is 16.2. The molecule has 86 valence electrons. The fraction of sp³-hybridized carbons (Fsp3) is 0.909. The van der Waals surface area contributed by atoms with Gasteiger partial charge in [0.2, 0.25) is 5.91 Å². The quantitative estimate of drug-likeness (QED) is 0.650. The van der Waals surface area contributed by atoms with Crippen LogP contribution in [-0.4, -0.2) is 61.5 Å². The third kappa shape index (κ3) is 2.32. The second-order valence-corrected chi connectivity index (χ2v) is 4.86. The summed E-state index contributed by atoms with van der Waals surface area (Å²) < 4.78 is 0. The maximum atomic E-state index is 11.8. The number of likely N-dealkylation sites (tertiary alicyclic amines) is 1. The molecule has 0 saturated carbocycles. The largest absolute Gasteiger partial charge is 0.337 e. The molecule has 2 rings (SSSR count). The standard InChI is InChI=1S/C11H21N3O/c1-9-8-13(2)5-3-10(9)14-6-4-12-7-11(14)15/h9-10,12H,3-8H2,1-2H3. The van der Waals surface area contributed by atoms with Crippen LogP contribution in [0.25, 0.3) is 0 Å². The van der Waals surface area contributed by atoms with Crippen molar-refractivity contribution in [2.75, 3.05) is 39.8 Å². The van der Waals surface area contributed by atoms with Gasteiger partial charge in [0, 0.05) is 25.7 Å². The predicted octanol–water partition coefficient (Wildman–Crippen LogP) is -0.242. The van der Waals surface area contributed by atoms with E-state index >= 15 is 0 Å². The summed E-state index contributed by atoms with van der Waals surface area (Å²) in [5, 5.41) is 3.13. The minimum Gasteiger partial charge on any atom is -0.337 e. The number of carbonyl (C=O) groups excluding carboxylic acids is 1. The summed E-state index contributed by atoms with van der Waals surface area (Å²) in [5.41, 5.74) is 0. The van der Waals surface area contributed by atoms with Crippen LogP contribution in [0.4, 0.5) is 0 Å². The molecule has 1 amide bonds. The Labute approximate surface area is 91.6 Å². The fourth-order valence-corrected chi connectivity index (χ4v) is 2.78. The highest BCUT2D eigenvalue weighted by Crippen LogP contribution is 2.21. The first kappa shape index (κ1) is 10.9. The molecule has 2 saturated heterocycles. The predicted molar refractivity (Wildman–Crippen MR) is 59.6 cm³/mol. The van der Waals surface area contributed by atoms with Crippen LogP contribution < -0.4 is 5.32 Å². The van der Waals surface area contributed by atoms with Crippen LogP contribution in [0.5, 0.6) is 0 Å². The SMILES string of the molecule is CC1CN(C)CCC1N1CCNCC1=O. The van der Waals surface area contributed by atoms with Crippen molar-refractivity contribution in [1.82, 2.24) is 15.1 Å². The van der Waals surface area contributed by atoms with Crippen LogP contribution in [0.3, 0.4) is 0 Å². The molecule has 2 atom stereocenters. The molecule has 15 heavy (non-hydrogen) atoms. The first-order chi connectivity index (χ1) is 7.18. The van der Waals surface area contributed by atoms with Crippen molar-refractivity contribution in [3.8, 4) is 0 Å². The molecule has 0 bridgehead atoms. The number of rotatable bonds is 1. The van der Waals surface area contributed by atoms with E-state index in [0.717, 1.165) is 32.6 Å². The van der Waals surface area contributed by atoms with Gasteiger partial charge in [-0.2, -0.15) is 0 Å². The maximum Gasteiger partial charge on any atom is 0.236 e. The van der Waals surface area contributed by atoms with Crippen molar-refractivity contribution in [2.45, 2.75) is 19.4 Å². The fourth-order valence-electron chi connectivity index (χ4n) is 2.78. The lowest BCUT2D eigenvalue weighted by atomic mass is 9.92. The second-order valence-electron chi connectivity index (χ2n) is 4.86. The monoisotopic (exact) mass is 211 g/mol. The molecule has 0 aliphatic carbocycles. The zero-order chi connectivity index (χ0) is 10.8. The molecule has 0 radical (unpaired) electrons. The van der Waals surface area contributed by atoms with Gasteiger partial charge < -0.3 is 15.1 Å². The van der Waals surface area contributed by atoms with E-state index in [2.05, 4.69) is 29.1 Å². The van der Waals surface area contributed by atoms with E-state index in [1.807, 2.05) is 0 Å². The molecule has 2 aliphatic rings. The normalized spacial score (nSPS) is 34.5. The first-order valence-corrected chi connectivity index (χ1v) is 5.87. The van der Waals surface area contributed by atoms with Crippen molar-refractivity contribution in [3.05, 3.63) is 0 Å². The molecule has 0 aromatic rings. The second kappa shape index (κ2) is 4.49. The van der Waals surface area contributed by atoms with Gasteiger partial charge >= 0.3 is 0 Å². The Morgan fingerprint density at radius 3 is 2.87 bits per heavy atom. The molecular formula is C11H21N3O. The number of piperazine rings is 1. The number of amides is 1. The topological polar surface area (TPSA) is 35.6 Å². The van der Waals surface area contributed by atoms with Gasteiger partial charge in [0.15, 0.2) is 0 Å². The highest BCUT2D eigenvalue weighted by molar-refractivity contribution is 5.79. The van der Waals surface area contributed by atoms with Gasteiger partial charge in [-0.1, -0.05) is 6.92 Å². The molecule has 2 fully saturated rings. The molecule has 0 aromatic carbocycles. The van der Waals surface area contributed by atoms with Crippen molar-refractivity contribution in [1.29, 1.82) is 0 Å². The lowest BCUT2D eigenvalue weighted by Gasteiger charge is -2.43. The average Bonchev–Trinajstić information content (AvgIpc) is 2.20. The summed E-state index contributed by atoms with van der Waals surface area (Å²) in [6.45, 7) is 6.85. The van der Waals surface area contributed by atoms with Gasteiger partial charge in [0.1, 0.15) is 0 Å². The summed E-state index contributed by atoms with van der Waals surface area (Å²) in [6, 6.07) is 0.468. The minimum absolute atomic E-state index is 0.280. The Bertz CT molecular complexity index is 244. The molecule has 0 spiro atoms. The van der Waals surface area contributed by atoms with E-state index in [4.69, 9.17) is 0 Å². The highest BCUT2D eigenvalue weighted by atomic mass is 16.2. The Morgan fingerprint density at radius 1 is 1.40 bits per heavy atom. The van der Waals surface area contributed by atoms with Gasteiger partial charge in [-0.25, -0.2) is 0 Å². The lowest BCUT2D eigenvalue weighted by molar-refractivity contribution is -0.136. The van der Waals surface area contributed by atoms with E-state index in [1.54, 1.807) is 0 Å². The Hall–Kier alpha value is -0.610. The maximum absolute atomic E-state index is 11.8. The van der Waals surface area contributed by atoms with Crippen molar-refractivity contribution >= 4 is 5.91 Å². The van der Waals surface area contributed by atoms with Crippen LogP contribution in [-0.2, 0) is 4.79 Å². The summed E-state index contributed by atoms with van der Waals surface area (Å²) in [5.74, 6) is 0.883. The van der Waals surface area contributed by atoms with Crippen LogP contribution in [0.15, 0.2) is 0 Å². The van der Waals surface area contributed by atoms with Gasteiger partial charge in [0.25, 0.3) is 0 Å². The molecule has 0 aromatic heterocycles. The van der Waals surface area contributed by atoms with E-state index in [9.17, 15) is 4.79 Å². The zero-order valence-electron chi connectivity index (χ0n) is 9.70. The average molecular weight is 211 g/mol. The molecular weight excluding hydrogens is 190 g/mol. The molecule has 2 unspecified atom stereocenters. The van der Waals surface area contributed by atoms with Gasteiger partial charge in [-0.05, 0) is 25.9 Å². The molecule has 2 heterocycles. The van der Waals surface area contributed by atoms with Crippen molar-refractivity contribution in [3.63, 3.8) is 0 Å². The Morgan fingerprint density at radius 2 is 2.20 bits per heavy atom. The number of nitrogens with one attached hydrogen (secondary N) is 1. The van der Waals surface area contributed by atoms with Crippen LogP contribution >= 0.6 is 0 Å². The number of carbonyl (C=O) groups is 1. The van der Waals surface area contributed by atoms with Crippen LogP contribution in [0.1, 0.15) is 13.3 Å². The third-order valence-corrected chi connectivity index (χ3v) is 3.59. The number of hydrogen-bond acceptors (Lipinski definition) is 3. The van der Waals surface area contributed by atoms with E-state index in [-0.39, 0.29) is 5.91 Å². The minimum atomic E-state index is 0.280. The Kier molecular flexibility index (Phi) is 3.26. The summed E-state index contributed by atoms with van der Waals surface area (Å²) in [7, 11) is 2.16.